The van der Waals surface area contributed by atoms with Crippen molar-refractivity contribution in [3.8, 4) is 0 Å². The number of hydrogen-bond donors (Lipinski definition) is 0. The number of carbonyl (C=O) groups excluding carboxylic acids is 3. The van der Waals surface area contributed by atoms with Crippen LogP contribution in [0.3, 0.4) is 0 Å². The van der Waals surface area contributed by atoms with Crippen molar-refractivity contribution in [2.75, 3.05) is 0 Å². The maximum atomic E-state index is 13.4. The van der Waals surface area contributed by atoms with Crippen molar-refractivity contribution in [3.05, 3.63) is 110 Å². The summed E-state index contributed by atoms with van der Waals surface area (Å²) in [6, 6.07) is 18.0. The van der Waals surface area contributed by atoms with E-state index < -0.39 is 22.6 Å². The van der Waals surface area contributed by atoms with Gasteiger partial charge in [0.15, 0.2) is 0 Å². The highest BCUT2D eigenvalue weighted by Crippen LogP contribution is 2.28. The second kappa shape index (κ2) is 8.00. The lowest BCUT2D eigenvalue weighted by molar-refractivity contribution is -0.384. The predicted octanol–water partition coefficient (Wildman–Crippen LogP) is 4.10. The van der Waals surface area contributed by atoms with E-state index in [4.69, 9.17) is 11.6 Å². The fourth-order valence-electron chi connectivity index (χ4n) is 3.32. The maximum Gasteiger partial charge on any atom is 0.280 e. The van der Waals surface area contributed by atoms with Gasteiger partial charge in [-0.3, -0.25) is 24.5 Å². The van der Waals surface area contributed by atoms with Crippen LogP contribution >= 0.6 is 11.6 Å². The number of rotatable bonds is 5. The number of nitrogens with zero attached hydrogens (tertiary/aromatic N) is 3. The van der Waals surface area contributed by atoms with Crippen LogP contribution in [0.1, 0.15) is 36.6 Å². The Bertz CT molecular complexity index is 1210. The number of imide groups is 1. The lowest BCUT2D eigenvalue weighted by Gasteiger charge is -2.30. The zero-order chi connectivity index (χ0) is 22.1. The number of nitro benzene ring substituents is 1. The van der Waals surface area contributed by atoms with Crippen molar-refractivity contribution in [1.82, 2.24) is 10.0 Å². The molecular weight excluding hydrogens is 422 g/mol. The number of fused-ring (bicyclic) bond motifs is 1. The smallest absolute Gasteiger partial charge is 0.267 e. The van der Waals surface area contributed by atoms with Gasteiger partial charge in [0.05, 0.1) is 22.6 Å². The van der Waals surface area contributed by atoms with Gasteiger partial charge in [0.25, 0.3) is 23.4 Å². The van der Waals surface area contributed by atoms with Crippen LogP contribution in [0.15, 0.2) is 72.8 Å². The van der Waals surface area contributed by atoms with Crippen LogP contribution in [0.4, 0.5) is 5.69 Å². The van der Waals surface area contributed by atoms with Gasteiger partial charge in [0, 0.05) is 22.7 Å². The summed E-state index contributed by atoms with van der Waals surface area (Å²) in [7, 11) is 0. The lowest BCUT2D eigenvalue weighted by Crippen LogP contribution is -2.49. The summed E-state index contributed by atoms with van der Waals surface area (Å²) >= 11 is 6.24. The molecule has 1 heterocycles. The van der Waals surface area contributed by atoms with Crippen LogP contribution in [-0.2, 0) is 6.54 Å². The van der Waals surface area contributed by atoms with Gasteiger partial charge in [-0.15, -0.1) is 0 Å². The van der Waals surface area contributed by atoms with Crippen molar-refractivity contribution < 1.29 is 19.3 Å². The van der Waals surface area contributed by atoms with Gasteiger partial charge in [0.1, 0.15) is 0 Å². The molecule has 3 aromatic rings. The topological polar surface area (TPSA) is 101 Å². The summed E-state index contributed by atoms with van der Waals surface area (Å²) in [5.41, 5.74) is 0.509. The summed E-state index contributed by atoms with van der Waals surface area (Å²) in [4.78, 5) is 49.9. The number of halogens is 1. The molecule has 0 unspecified atom stereocenters. The lowest BCUT2D eigenvalue weighted by atomic mass is 10.1. The average Bonchev–Trinajstić information content (AvgIpc) is 3.03. The first kappa shape index (κ1) is 20.2. The van der Waals surface area contributed by atoms with Crippen molar-refractivity contribution >= 4 is 35.0 Å². The number of non-ortho nitro benzene ring substituents is 1. The molecule has 0 fully saturated rings. The Balaban J connectivity index is 1.79. The molecule has 4 rings (SSSR count). The molecule has 0 N–H and O–H groups in total. The van der Waals surface area contributed by atoms with E-state index in [9.17, 15) is 24.5 Å². The molecule has 0 radical (unpaired) electrons. The van der Waals surface area contributed by atoms with E-state index in [-0.39, 0.29) is 28.9 Å². The first-order chi connectivity index (χ1) is 14.9. The van der Waals surface area contributed by atoms with Crippen molar-refractivity contribution in [1.29, 1.82) is 0 Å². The zero-order valence-electron chi connectivity index (χ0n) is 15.9. The fraction of sp³-hybridized carbons (Fsp3) is 0.0455. The number of nitro groups is 1. The number of hydrogen-bond acceptors (Lipinski definition) is 5. The molecule has 0 atom stereocenters. The Hall–Kier alpha value is -4.04. The molecule has 0 aliphatic carbocycles. The number of amides is 3. The third-order valence-electron chi connectivity index (χ3n) is 4.83. The number of hydrazine groups is 1. The van der Waals surface area contributed by atoms with E-state index in [1.807, 2.05) is 0 Å². The molecule has 0 aromatic heterocycles. The average molecular weight is 436 g/mol. The molecular formula is C22H14ClN3O5. The predicted molar refractivity (Wildman–Crippen MR) is 111 cm³/mol. The number of carbonyl (C=O) groups is 3. The number of benzene rings is 3. The van der Waals surface area contributed by atoms with Crippen LogP contribution in [-0.4, -0.2) is 32.7 Å². The largest absolute Gasteiger partial charge is 0.280 e. The summed E-state index contributed by atoms with van der Waals surface area (Å²) in [6.45, 7) is -0.188. The van der Waals surface area contributed by atoms with Gasteiger partial charge in [-0.05, 0) is 29.8 Å². The Kier molecular flexibility index (Phi) is 5.22. The molecule has 3 aromatic carbocycles. The van der Waals surface area contributed by atoms with Crippen LogP contribution in [0, 0.1) is 10.1 Å². The Morgan fingerprint density at radius 1 is 0.935 bits per heavy atom. The normalized spacial score (nSPS) is 12.6. The van der Waals surface area contributed by atoms with E-state index in [2.05, 4.69) is 0 Å². The van der Waals surface area contributed by atoms with Gasteiger partial charge in [-0.25, -0.2) is 5.01 Å². The molecule has 0 spiro atoms. The van der Waals surface area contributed by atoms with Crippen molar-refractivity contribution in [3.63, 3.8) is 0 Å². The van der Waals surface area contributed by atoms with Crippen LogP contribution < -0.4 is 0 Å². The minimum atomic E-state index is -0.752. The first-order valence-corrected chi connectivity index (χ1v) is 9.53. The first-order valence-electron chi connectivity index (χ1n) is 9.16. The highest BCUT2D eigenvalue weighted by molar-refractivity contribution is 6.31. The monoisotopic (exact) mass is 435 g/mol. The molecule has 3 amide bonds. The second-order valence-electron chi connectivity index (χ2n) is 6.73. The van der Waals surface area contributed by atoms with E-state index in [0.29, 0.717) is 10.6 Å². The zero-order valence-corrected chi connectivity index (χ0v) is 16.7. The molecule has 0 saturated carbocycles. The minimum Gasteiger partial charge on any atom is -0.267 e. The van der Waals surface area contributed by atoms with Crippen molar-refractivity contribution in [2.45, 2.75) is 6.54 Å². The van der Waals surface area contributed by atoms with Gasteiger partial charge < -0.3 is 0 Å². The highest BCUT2D eigenvalue weighted by Gasteiger charge is 2.41. The second-order valence-corrected chi connectivity index (χ2v) is 7.14. The molecule has 1 aliphatic heterocycles. The van der Waals surface area contributed by atoms with E-state index >= 15 is 0 Å². The van der Waals surface area contributed by atoms with E-state index in [0.717, 1.165) is 16.1 Å². The molecule has 1 aliphatic rings. The van der Waals surface area contributed by atoms with Gasteiger partial charge >= 0.3 is 0 Å². The molecule has 0 bridgehead atoms. The summed E-state index contributed by atoms with van der Waals surface area (Å²) in [5, 5.41) is 13.2. The summed E-state index contributed by atoms with van der Waals surface area (Å²) in [6.07, 6.45) is 0. The molecule has 0 saturated heterocycles. The summed E-state index contributed by atoms with van der Waals surface area (Å²) < 4.78 is 0. The van der Waals surface area contributed by atoms with Crippen LogP contribution in [0.25, 0.3) is 0 Å². The summed E-state index contributed by atoms with van der Waals surface area (Å²) in [5.74, 6) is -2.07. The van der Waals surface area contributed by atoms with Crippen LogP contribution in [0.5, 0.6) is 0 Å². The molecule has 8 nitrogen and oxygen atoms in total. The Morgan fingerprint density at radius 2 is 1.55 bits per heavy atom. The van der Waals surface area contributed by atoms with Gasteiger partial charge in [0.2, 0.25) is 0 Å². The van der Waals surface area contributed by atoms with E-state index in [1.165, 1.54) is 30.3 Å². The van der Waals surface area contributed by atoms with Gasteiger partial charge in [-0.1, -0.05) is 48.0 Å². The third kappa shape index (κ3) is 3.64. The van der Waals surface area contributed by atoms with Gasteiger partial charge in [-0.2, -0.15) is 5.01 Å². The standard InChI is InChI=1S/C22H14ClN3O5/c23-19-11-4-1-6-15(19)13-24(20(27)14-7-5-8-16(12-14)26(30)31)25-21(28)17-9-2-3-10-18(17)22(25)29/h1-12H,13H2. The molecule has 31 heavy (non-hydrogen) atoms. The fourth-order valence-corrected chi connectivity index (χ4v) is 3.51. The third-order valence-corrected chi connectivity index (χ3v) is 5.20. The maximum absolute atomic E-state index is 13.4. The molecule has 154 valence electrons. The quantitative estimate of drug-likeness (QED) is 0.341. The Labute approximate surface area is 181 Å². The minimum absolute atomic E-state index is 0.0437. The van der Waals surface area contributed by atoms with Crippen molar-refractivity contribution in [2.24, 2.45) is 0 Å². The SMILES string of the molecule is O=C(c1cccc([N+](=O)[O-])c1)N(Cc1ccccc1Cl)N1C(=O)c2ccccc2C1=O. The van der Waals surface area contributed by atoms with E-state index in [1.54, 1.807) is 36.4 Å². The molecule has 9 heteroatoms. The Morgan fingerprint density at radius 3 is 2.16 bits per heavy atom. The highest BCUT2D eigenvalue weighted by atomic mass is 35.5. The van der Waals surface area contributed by atoms with Crippen LogP contribution in [0.2, 0.25) is 5.02 Å².